The Labute approximate surface area is 139 Å². The number of hydrogen-bond donors (Lipinski definition) is 1. The van der Waals surface area contributed by atoms with Crippen LogP contribution in [0.2, 0.25) is 0 Å². The maximum atomic E-state index is 13.5. The summed E-state index contributed by atoms with van der Waals surface area (Å²) in [4.78, 5) is 12.0. The van der Waals surface area contributed by atoms with Gasteiger partial charge in [0.15, 0.2) is 8.68 Å². The first-order valence-corrected chi connectivity index (χ1v) is 9.07. The van der Waals surface area contributed by atoms with E-state index in [1.165, 1.54) is 29.2 Å². The van der Waals surface area contributed by atoms with Crippen LogP contribution in [0.4, 0.5) is 14.5 Å². The summed E-state index contributed by atoms with van der Waals surface area (Å²) in [7, 11) is 0. The van der Waals surface area contributed by atoms with Gasteiger partial charge in [-0.25, -0.2) is 8.78 Å². The summed E-state index contributed by atoms with van der Waals surface area (Å²) in [6, 6.07) is 3.43. The summed E-state index contributed by atoms with van der Waals surface area (Å²) >= 11 is 4.17. The minimum atomic E-state index is -0.803. The van der Waals surface area contributed by atoms with Crippen LogP contribution in [0.15, 0.2) is 26.9 Å². The van der Waals surface area contributed by atoms with Crippen molar-refractivity contribution in [2.45, 2.75) is 27.8 Å². The Kier molecular flexibility index (Phi) is 6.16. The van der Waals surface area contributed by atoms with Crippen molar-refractivity contribution in [2.24, 2.45) is 0 Å². The van der Waals surface area contributed by atoms with Gasteiger partial charge in [-0.15, -0.1) is 10.2 Å². The van der Waals surface area contributed by atoms with Crippen LogP contribution in [-0.2, 0) is 4.79 Å². The van der Waals surface area contributed by atoms with Gasteiger partial charge in [0.25, 0.3) is 0 Å². The van der Waals surface area contributed by atoms with E-state index in [2.05, 4.69) is 15.5 Å². The topological polar surface area (TPSA) is 54.9 Å². The Bertz CT molecular complexity index is 645. The molecular formula is C13H13F2N3OS3. The molecule has 0 saturated carbocycles. The summed E-state index contributed by atoms with van der Waals surface area (Å²) in [5.41, 5.74) is -0.431. The molecule has 0 spiro atoms. The molecule has 22 heavy (non-hydrogen) atoms. The summed E-state index contributed by atoms with van der Waals surface area (Å²) in [5.74, 6) is -1.21. The predicted molar refractivity (Wildman–Crippen MR) is 86.6 cm³/mol. The van der Waals surface area contributed by atoms with Crippen molar-refractivity contribution in [3.05, 3.63) is 29.8 Å². The Balaban J connectivity index is 1.99. The predicted octanol–water partition coefficient (Wildman–Crippen LogP) is 4.05. The zero-order valence-corrected chi connectivity index (χ0v) is 14.2. The fraction of sp³-hybridized carbons (Fsp3) is 0.308. The first-order valence-electron chi connectivity index (χ1n) is 6.39. The van der Waals surface area contributed by atoms with E-state index in [1.54, 1.807) is 18.7 Å². The number of aromatic nitrogens is 2. The van der Waals surface area contributed by atoms with Gasteiger partial charge >= 0.3 is 0 Å². The highest BCUT2D eigenvalue weighted by atomic mass is 32.2. The molecule has 0 radical (unpaired) electrons. The van der Waals surface area contributed by atoms with E-state index < -0.39 is 28.5 Å². The molecule has 1 atom stereocenters. The standard InChI is InChI=1S/C13H13F2N3OS3/c1-3-20-12-17-18-13(22-12)21-7(2)11(19)16-10-8(14)5-4-6-9(10)15/h4-7H,3H2,1-2H3,(H,16,19)/t7-/m1/s1. The molecule has 2 aromatic rings. The SMILES string of the molecule is CCSc1nnc(S[C@H](C)C(=O)Nc2c(F)cccc2F)s1. The Morgan fingerprint density at radius 3 is 2.59 bits per heavy atom. The number of nitrogens with one attached hydrogen (secondary N) is 1. The van der Waals surface area contributed by atoms with Gasteiger partial charge in [0.1, 0.15) is 17.3 Å². The third-order valence-electron chi connectivity index (χ3n) is 2.51. The van der Waals surface area contributed by atoms with Crippen molar-refractivity contribution in [3.63, 3.8) is 0 Å². The van der Waals surface area contributed by atoms with E-state index in [0.29, 0.717) is 4.34 Å². The fourth-order valence-electron chi connectivity index (χ4n) is 1.47. The molecule has 1 amide bonds. The number of anilines is 1. The van der Waals surface area contributed by atoms with E-state index in [4.69, 9.17) is 0 Å². The third-order valence-corrected chi connectivity index (χ3v) is 5.64. The lowest BCUT2D eigenvalue weighted by atomic mass is 10.3. The van der Waals surface area contributed by atoms with E-state index >= 15 is 0 Å². The van der Waals surface area contributed by atoms with Gasteiger partial charge in [0.05, 0.1) is 5.25 Å². The highest BCUT2D eigenvalue weighted by Gasteiger charge is 2.20. The number of nitrogens with zero attached hydrogens (tertiary/aromatic N) is 2. The number of rotatable bonds is 6. The summed E-state index contributed by atoms with van der Waals surface area (Å²) < 4.78 is 28.5. The second kappa shape index (κ2) is 7.89. The van der Waals surface area contributed by atoms with Crippen LogP contribution in [0.3, 0.4) is 0 Å². The number of para-hydroxylation sites is 1. The van der Waals surface area contributed by atoms with Crippen LogP contribution >= 0.6 is 34.9 Å². The zero-order valence-electron chi connectivity index (χ0n) is 11.8. The van der Waals surface area contributed by atoms with Crippen molar-refractivity contribution in [1.29, 1.82) is 0 Å². The number of benzene rings is 1. The molecule has 0 saturated heterocycles. The molecule has 9 heteroatoms. The monoisotopic (exact) mass is 361 g/mol. The van der Waals surface area contributed by atoms with E-state index in [0.717, 1.165) is 22.2 Å². The van der Waals surface area contributed by atoms with Gasteiger partial charge in [0.2, 0.25) is 5.91 Å². The Hall–Kier alpha value is -1.19. The molecule has 1 aromatic heterocycles. The van der Waals surface area contributed by atoms with Gasteiger partial charge < -0.3 is 5.32 Å². The maximum Gasteiger partial charge on any atom is 0.237 e. The van der Waals surface area contributed by atoms with Gasteiger partial charge in [-0.2, -0.15) is 0 Å². The molecule has 4 nitrogen and oxygen atoms in total. The lowest BCUT2D eigenvalue weighted by Gasteiger charge is -2.11. The maximum absolute atomic E-state index is 13.5. The molecule has 0 aliphatic carbocycles. The van der Waals surface area contributed by atoms with Gasteiger partial charge in [0, 0.05) is 0 Å². The molecule has 0 fully saturated rings. The first-order chi connectivity index (χ1) is 10.5. The van der Waals surface area contributed by atoms with Crippen molar-refractivity contribution in [1.82, 2.24) is 10.2 Å². The fourth-order valence-corrected chi connectivity index (χ4v) is 4.53. The molecule has 0 bridgehead atoms. The molecule has 118 valence electrons. The van der Waals surface area contributed by atoms with Crippen molar-refractivity contribution >= 4 is 46.5 Å². The minimum Gasteiger partial charge on any atom is -0.320 e. The van der Waals surface area contributed by atoms with Crippen LogP contribution in [0.1, 0.15) is 13.8 Å². The summed E-state index contributed by atoms with van der Waals surface area (Å²) in [5, 5.41) is 9.69. The Morgan fingerprint density at radius 1 is 1.32 bits per heavy atom. The number of carbonyl (C=O) groups is 1. The highest BCUT2D eigenvalue weighted by Crippen LogP contribution is 2.31. The minimum absolute atomic E-state index is 0.431. The lowest BCUT2D eigenvalue weighted by Crippen LogP contribution is -2.23. The highest BCUT2D eigenvalue weighted by molar-refractivity contribution is 8.03. The number of hydrogen-bond acceptors (Lipinski definition) is 6. The van der Waals surface area contributed by atoms with Gasteiger partial charge in [-0.05, 0) is 24.8 Å². The van der Waals surface area contributed by atoms with Crippen LogP contribution in [0.25, 0.3) is 0 Å². The second-order valence-corrected chi connectivity index (χ2v) is 8.19. The summed E-state index contributed by atoms with van der Waals surface area (Å²) in [6.45, 7) is 3.66. The second-order valence-electron chi connectivity index (χ2n) is 4.11. The van der Waals surface area contributed by atoms with E-state index in [1.807, 2.05) is 6.92 Å². The molecule has 0 aliphatic rings. The molecule has 1 N–H and O–H groups in total. The number of thioether (sulfide) groups is 2. The largest absolute Gasteiger partial charge is 0.320 e. The average Bonchev–Trinajstić information content (AvgIpc) is 2.90. The van der Waals surface area contributed by atoms with Crippen LogP contribution in [0, 0.1) is 11.6 Å². The quantitative estimate of drug-likeness (QED) is 0.787. The molecule has 1 aromatic carbocycles. The smallest absolute Gasteiger partial charge is 0.237 e. The van der Waals surface area contributed by atoms with Gasteiger partial charge in [-0.1, -0.05) is 47.9 Å². The number of halogens is 2. The summed E-state index contributed by atoms with van der Waals surface area (Å²) in [6.07, 6.45) is 0. The van der Waals surface area contributed by atoms with E-state index in [-0.39, 0.29) is 0 Å². The first kappa shape index (κ1) is 17.2. The molecule has 2 rings (SSSR count). The molecular weight excluding hydrogens is 348 g/mol. The van der Waals surface area contributed by atoms with Crippen molar-refractivity contribution in [2.75, 3.05) is 11.1 Å². The normalized spacial score (nSPS) is 12.2. The van der Waals surface area contributed by atoms with E-state index in [9.17, 15) is 13.6 Å². The van der Waals surface area contributed by atoms with Crippen LogP contribution < -0.4 is 5.32 Å². The van der Waals surface area contributed by atoms with Crippen LogP contribution in [-0.4, -0.2) is 27.1 Å². The molecule has 1 heterocycles. The molecule has 0 unspecified atom stereocenters. The number of carbonyl (C=O) groups excluding carboxylic acids is 1. The third kappa shape index (κ3) is 4.40. The van der Waals surface area contributed by atoms with Crippen molar-refractivity contribution < 1.29 is 13.6 Å². The average molecular weight is 361 g/mol. The lowest BCUT2D eigenvalue weighted by molar-refractivity contribution is -0.115. The zero-order chi connectivity index (χ0) is 16.1. The number of amides is 1. The molecule has 0 aliphatic heterocycles. The van der Waals surface area contributed by atoms with Crippen molar-refractivity contribution in [3.8, 4) is 0 Å². The van der Waals surface area contributed by atoms with Crippen LogP contribution in [0.5, 0.6) is 0 Å². The van der Waals surface area contributed by atoms with Gasteiger partial charge in [-0.3, -0.25) is 4.79 Å². The Morgan fingerprint density at radius 2 is 1.95 bits per heavy atom.